The Hall–Kier alpha value is -2.36. The maximum atomic E-state index is 10.9. The summed E-state index contributed by atoms with van der Waals surface area (Å²) in [6, 6.07) is 8.81. The summed E-state index contributed by atoms with van der Waals surface area (Å²) in [5, 5.41) is 8.97. The first-order chi connectivity index (χ1) is 8.18. The molecule has 0 fully saturated rings. The fraction of sp³-hybridized carbons (Fsp3) is 0.0769. The van der Waals surface area contributed by atoms with Crippen LogP contribution >= 0.6 is 0 Å². The van der Waals surface area contributed by atoms with Crippen molar-refractivity contribution in [1.82, 2.24) is 4.98 Å². The van der Waals surface area contributed by atoms with Crippen molar-refractivity contribution < 1.29 is 9.90 Å². The van der Waals surface area contributed by atoms with E-state index in [-0.39, 0.29) is 5.56 Å². The van der Waals surface area contributed by atoms with Gasteiger partial charge in [0.1, 0.15) is 0 Å². The maximum absolute atomic E-state index is 10.9. The van der Waals surface area contributed by atoms with Gasteiger partial charge in [-0.2, -0.15) is 0 Å². The van der Waals surface area contributed by atoms with E-state index in [1.807, 2.05) is 18.2 Å². The first kappa shape index (κ1) is 11.1. The van der Waals surface area contributed by atoms with Gasteiger partial charge in [-0.1, -0.05) is 12.1 Å². The molecule has 3 N–H and O–H groups in total. The third-order valence-corrected chi connectivity index (χ3v) is 2.57. The lowest BCUT2D eigenvalue weighted by molar-refractivity contribution is 0.0698. The molecule has 0 saturated carbocycles. The molecule has 0 aliphatic carbocycles. The predicted octanol–water partition coefficient (Wildman–Crippen LogP) is 1.95. The van der Waals surface area contributed by atoms with Gasteiger partial charge in [-0.25, -0.2) is 4.79 Å². The first-order valence-corrected chi connectivity index (χ1v) is 5.18. The molecule has 2 rings (SSSR count). The number of carboxylic acids is 1. The molecule has 0 saturated heterocycles. The lowest BCUT2D eigenvalue weighted by Gasteiger charge is -2.08. The lowest BCUT2D eigenvalue weighted by atomic mass is 10.0. The van der Waals surface area contributed by atoms with E-state index in [4.69, 9.17) is 10.8 Å². The Morgan fingerprint density at radius 1 is 1.24 bits per heavy atom. The Bertz CT molecular complexity index is 538. The van der Waals surface area contributed by atoms with E-state index < -0.39 is 5.97 Å². The van der Waals surface area contributed by atoms with Gasteiger partial charge in [0.15, 0.2) is 0 Å². The van der Waals surface area contributed by atoms with Crippen molar-refractivity contribution in [1.29, 1.82) is 0 Å². The SMILES string of the molecule is Nc1c(Cc2ccncc2)cccc1C(=O)O. The van der Waals surface area contributed by atoms with E-state index in [2.05, 4.69) is 4.98 Å². The normalized spacial score (nSPS) is 10.1. The molecular formula is C13H12N2O2. The van der Waals surface area contributed by atoms with Gasteiger partial charge in [0.2, 0.25) is 0 Å². The maximum Gasteiger partial charge on any atom is 0.337 e. The molecular weight excluding hydrogens is 216 g/mol. The molecule has 0 spiro atoms. The van der Waals surface area contributed by atoms with E-state index in [0.29, 0.717) is 12.1 Å². The van der Waals surface area contributed by atoms with Crippen LogP contribution in [0.25, 0.3) is 0 Å². The Morgan fingerprint density at radius 2 is 1.94 bits per heavy atom. The first-order valence-electron chi connectivity index (χ1n) is 5.18. The van der Waals surface area contributed by atoms with Crippen LogP contribution in [0.3, 0.4) is 0 Å². The van der Waals surface area contributed by atoms with Crippen LogP contribution in [0.2, 0.25) is 0 Å². The monoisotopic (exact) mass is 228 g/mol. The molecule has 0 aliphatic heterocycles. The molecule has 17 heavy (non-hydrogen) atoms. The van der Waals surface area contributed by atoms with E-state index in [1.54, 1.807) is 18.5 Å². The zero-order chi connectivity index (χ0) is 12.3. The number of carbonyl (C=O) groups is 1. The number of hydrogen-bond acceptors (Lipinski definition) is 3. The van der Waals surface area contributed by atoms with Crippen LogP contribution in [0.15, 0.2) is 42.7 Å². The average molecular weight is 228 g/mol. The summed E-state index contributed by atoms with van der Waals surface area (Å²) in [6.45, 7) is 0. The van der Waals surface area contributed by atoms with Gasteiger partial charge in [0.25, 0.3) is 0 Å². The summed E-state index contributed by atoms with van der Waals surface area (Å²) in [5.74, 6) is -1.00. The van der Waals surface area contributed by atoms with E-state index >= 15 is 0 Å². The molecule has 4 heteroatoms. The largest absolute Gasteiger partial charge is 0.478 e. The van der Waals surface area contributed by atoms with Gasteiger partial charge < -0.3 is 10.8 Å². The summed E-state index contributed by atoms with van der Waals surface area (Å²) < 4.78 is 0. The fourth-order valence-corrected chi connectivity index (χ4v) is 1.67. The highest BCUT2D eigenvalue weighted by atomic mass is 16.4. The van der Waals surface area contributed by atoms with Crippen molar-refractivity contribution in [3.63, 3.8) is 0 Å². The summed E-state index contributed by atoms with van der Waals surface area (Å²) in [5.41, 5.74) is 8.18. The van der Waals surface area contributed by atoms with Crippen LogP contribution in [0.5, 0.6) is 0 Å². The van der Waals surface area contributed by atoms with Gasteiger partial charge >= 0.3 is 5.97 Å². The number of para-hydroxylation sites is 1. The van der Waals surface area contributed by atoms with Gasteiger partial charge in [-0.3, -0.25) is 4.98 Å². The number of hydrogen-bond donors (Lipinski definition) is 2. The summed E-state index contributed by atoms with van der Waals surface area (Å²) in [4.78, 5) is 14.9. The highest BCUT2D eigenvalue weighted by Crippen LogP contribution is 2.20. The minimum atomic E-state index is -1.00. The van der Waals surface area contributed by atoms with Crippen molar-refractivity contribution >= 4 is 11.7 Å². The highest BCUT2D eigenvalue weighted by molar-refractivity contribution is 5.94. The van der Waals surface area contributed by atoms with Crippen molar-refractivity contribution in [3.05, 3.63) is 59.4 Å². The summed E-state index contributed by atoms with van der Waals surface area (Å²) >= 11 is 0. The number of anilines is 1. The number of aromatic nitrogens is 1. The van der Waals surface area contributed by atoms with Crippen molar-refractivity contribution in [3.8, 4) is 0 Å². The molecule has 1 aromatic heterocycles. The number of aromatic carboxylic acids is 1. The number of nitrogens with two attached hydrogens (primary N) is 1. The van der Waals surface area contributed by atoms with Crippen molar-refractivity contribution in [2.24, 2.45) is 0 Å². The molecule has 0 unspecified atom stereocenters. The fourth-order valence-electron chi connectivity index (χ4n) is 1.67. The third-order valence-electron chi connectivity index (χ3n) is 2.57. The smallest absolute Gasteiger partial charge is 0.337 e. The molecule has 0 radical (unpaired) electrons. The standard InChI is InChI=1S/C13H12N2O2/c14-12-10(2-1-3-11(12)13(16)17)8-9-4-6-15-7-5-9/h1-7H,8,14H2,(H,16,17). The number of benzene rings is 1. The minimum absolute atomic E-state index is 0.150. The van der Waals surface area contributed by atoms with Gasteiger partial charge in [0, 0.05) is 18.1 Å². The van der Waals surface area contributed by atoms with E-state index in [1.165, 1.54) is 6.07 Å². The molecule has 0 amide bonds. The molecule has 0 bridgehead atoms. The molecule has 0 atom stereocenters. The van der Waals surface area contributed by atoms with Gasteiger partial charge in [-0.05, 0) is 35.7 Å². The second kappa shape index (κ2) is 4.65. The van der Waals surface area contributed by atoms with Crippen LogP contribution in [-0.4, -0.2) is 16.1 Å². The Balaban J connectivity index is 2.34. The highest BCUT2D eigenvalue weighted by Gasteiger charge is 2.10. The average Bonchev–Trinajstić information content (AvgIpc) is 2.33. The molecule has 2 aromatic rings. The van der Waals surface area contributed by atoms with Gasteiger partial charge in [0.05, 0.1) is 5.56 Å². The van der Waals surface area contributed by atoms with E-state index in [0.717, 1.165) is 11.1 Å². The van der Waals surface area contributed by atoms with Crippen LogP contribution in [-0.2, 0) is 6.42 Å². The Morgan fingerprint density at radius 3 is 2.59 bits per heavy atom. The summed E-state index contributed by atoms with van der Waals surface area (Å²) in [7, 11) is 0. The zero-order valence-electron chi connectivity index (χ0n) is 9.13. The number of carboxylic acid groups (broad SMARTS) is 1. The second-order valence-electron chi connectivity index (χ2n) is 3.72. The van der Waals surface area contributed by atoms with E-state index in [9.17, 15) is 4.79 Å². The lowest BCUT2D eigenvalue weighted by Crippen LogP contribution is -2.05. The predicted molar refractivity (Wildman–Crippen MR) is 64.9 cm³/mol. The van der Waals surface area contributed by atoms with Crippen LogP contribution in [0, 0.1) is 0 Å². The molecule has 0 aliphatic rings. The molecule has 86 valence electrons. The van der Waals surface area contributed by atoms with Crippen LogP contribution in [0.4, 0.5) is 5.69 Å². The zero-order valence-corrected chi connectivity index (χ0v) is 9.13. The molecule has 1 heterocycles. The van der Waals surface area contributed by atoms with Crippen molar-refractivity contribution in [2.45, 2.75) is 6.42 Å². The molecule has 1 aromatic carbocycles. The van der Waals surface area contributed by atoms with Crippen LogP contribution < -0.4 is 5.73 Å². The minimum Gasteiger partial charge on any atom is -0.478 e. The van der Waals surface area contributed by atoms with Crippen LogP contribution in [0.1, 0.15) is 21.5 Å². The van der Waals surface area contributed by atoms with Gasteiger partial charge in [-0.15, -0.1) is 0 Å². The third kappa shape index (κ3) is 2.42. The van der Waals surface area contributed by atoms with Crippen molar-refractivity contribution in [2.75, 3.05) is 5.73 Å². The number of nitrogen functional groups attached to an aromatic ring is 1. The number of pyridine rings is 1. The molecule has 4 nitrogen and oxygen atoms in total. The summed E-state index contributed by atoms with van der Waals surface area (Å²) in [6.07, 6.45) is 4.01. The topological polar surface area (TPSA) is 76.2 Å². The number of nitrogens with zero attached hydrogens (tertiary/aromatic N) is 1. The second-order valence-corrected chi connectivity index (χ2v) is 3.72. The Kier molecular flexibility index (Phi) is 3.05. The quantitative estimate of drug-likeness (QED) is 0.787. The Labute approximate surface area is 98.7 Å². The number of rotatable bonds is 3.